The molecule has 8 heterocycles. The zero-order valence-corrected chi connectivity index (χ0v) is 75.8. The molecular weight excluding hydrogens is 1840 g/mol. The molecule has 15 aromatic rings. The summed E-state index contributed by atoms with van der Waals surface area (Å²) in [4.78, 5) is 90.0. The lowest BCUT2D eigenvalue weighted by Gasteiger charge is -2.31. The number of carboxylic acids is 3. The van der Waals surface area contributed by atoms with Crippen LogP contribution in [0.1, 0.15) is 120 Å². The summed E-state index contributed by atoms with van der Waals surface area (Å²) < 4.78 is 140. The van der Waals surface area contributed by atoms with Gasteiger partial charge in [-0.25, -0.2) is 55.7 Å². The topological polar surface area (TPSA) is 300 Å². The molecule has 0 bridgehead atoms. The maximum Gasteiger partial charge on any atom is 0.337 e. The number of hydrogen-bond donors (Lipinski definition) is 4. The van der Waals surface area contributed by atoms with Crippen molar-refractivity contribution in [2.45, 2.75) is 94.6 Å². The second-order valence-electron chi connectivity index (χ2n) is 33.2. The number of para-hydroxylation sites is 3. The van der Waals surface area contributed by atoms with Gasteiger partial charge in [-0.1, -0.05) is 108 Å². The molecule has 2 saturated heterocycles. The van der Waals surface area contributed by atoms with Gasteiger partial charge in [-0.05, 0) is 162 Å². The molecule has 3 aromatic heterocycles. The fourth-order valence-electron chi connectivity index (χ4n) is 18.5. The minimum absolute atomic E-state index is 0.0643. The summed E-state index contributed by atoms with van der Waals surface area (Å²) in [5, 5.41) is 33.2. The number of imidazole rings is 3. The monoisotopic (exact) mass is 1920 g/mol. The molecule has 20 rings (SSSR count). The van der Waals surface area contributed by atoms with Crippen LogP contribution in [0.5, 0.6) is 17.2 Å². The first-order valence-electron chi connectivity index (χ1n) is 43.4. The number of fused-ring (bicyclic) bond motifs is 10. The number of carbonyl (C=O) groups excluding carboxylic acids is 3. The highest BCUT2D eigenvalue weighted by molar-refractivity contribution is 6.31. The van der Waals surface area contributed by atoms with E-state index in [1.165, 1.54) is 82.0 Å². The number of amides is 2. The smallest absolute Gasteiger partial charge is 0.337 e. The van der Waals surface area contributed by atoms with Gasteiger partial charge in [-0.2, -0.15) is 0 Å². The summed E-state index contributed by atoms with van der Waals surface area (Å²) >= 11 is 18.3. The van der Waals surface area contributed by atoms with E-state index in [4.69, 9.17) is 68.0 Å². The number of benzene rings is 12. The SMILES string of the molecule is COCCn1c(Cc2c(F)cc(-c3cccc4c3OC(CCC(=O)O)(c3ccc(Cl)cc3)N4)cc2F)nc2ccc(C(=O)O)cc21.COCCn1c(Cc2c(F)cc(-c3cccc4c3OC3(c5ccc(Cl)cc5)CCC(=O)N43)cc2F)nc2ccc(C(=O)O)cc21.COCCn1c(Cc2c(F)cc(-c3cccc4c3OC3(c5ccc(Cl)cc5)CCC(=O)N43)cc2F)nc2ccc(C(=O)OC)cc21. The quantitative estimate of drug-likeness (QED) is 0.0275. The van der Waals surface area contributed by atoms with Gasteiger partial charge in [0.2, 0.25) is 29.0 Å². The van der Waals surface area contributed by atoms with Crippen molar-refractivity contribution in [3.05, 3.63) is 336 Å². The van der Waals surface area contributed by atoms with Crippen molar-refractivity contribution in [3.63, 3.8) is 0 Å². The molecule has 25 nitrogen and oxygen atoms in total. The molecule has 2 amide bonds. The van der Waals surface area contributed by atoms with E-state index in [0.717, 1.165) is 11.1 Å². The minimum atomic E-state index is -1.25. The number of carbonyl (C=O) groups is 6. The highest BCUT2D eigenvalue weighted by Gasteiger charge is 2.57. The first-order valence-corrected chi connectivity index (χ1v) is 44.5. The summed E-state index contributed by atoms with van der Waals surface area (Å²) in [7, 11) is 5.90. The Morgan fingerprint density at radius 1 is 0.423 bits per heavy atom. The fraction of sp³-hybridized carbons (Fsp3) is 0.214. The number of nitrogens with one attached hydrogen (secondary N) is 1. The number of rotatable bonds is 27. The molecule has 34 heteroatoms. The number of carboxylic acid groups (broad SMARTS) is 3. The molecule has 0 aliphatic carbocycles. The van der Waals surface area contributed by atoms with Gasteiger partial charge < -0.3 is 67.5 Å². The highest BCUT2D eigenvalue weighted by atomic mass is 35.5. The van der Waals surface area contributed by atoms with Crippen molar-refractivity contribution in [2.24, 2.45) is 0 Å². The Balaban J connectivity index is 0.000000137. The fourth-order valence-corrected chi connectivity index (χ4v) is 18.9. The number of anilines is 3. The van der Waals surface area contributed by atoms with Gasteiger partial charge in [0.15, 0.2) is 17.2 Å². The first-order chi connectivity index (χ1) is 66.0. The van der Waals surface area contributed by atoms with Gasteiger partial charge in [0.25, 0.3) is 0 Å². The van der Waals surface area contributed by atoms with E-state index in [0.29, 0.717) is 173 Å². The van der Waals surface area contributed by atoms with Crippen molar-refractivity contribution in [1.82, 2.24) is 28.7 Å². The van der Waals surface area contributed by atoms with Crippen LogP contribution in [0.2, 0.25) is 15.1 Å². The highest BCUT2D eigenvalue weighted by Crippen LogP contribution is 2.59. The van der Waals surface area contributed by atoms with Crippen LogP contribution >= 0.6 is 34.8 Å². The van der Waals surface area contributed by atoms with Crippen molar-refractivity contribution in [2.75, 3.05) is 63.4 Å². The number of nitrogens with zero attached hydrogens (tertiary/aromatic N) is 8. The summed E-state index contributed by atoms with van der Waals surface area (Å²) in [6, 6.07) is 58.0. The summed E-state index contributed by atoms with van der Waals surface area (Å²) in [6.45, 7) is 1.84. The third-order valence-corrected chi connectivity index (χ3v) is 25.9. The van der Waals surface area contributed by atoms with Crippen molar-refractivity contribution < 1.29 is 104 Å². The van der Waals surface area contributed by atoms with Crippen molar-refractivity contribution >= 4 is 121 Å². The predicted molar refractivity (Wildman–Crippen MR) is 499 cm³/mol. The molecule has 3 unspecified atom stereocenters. The summed E-state index contributed by atoms with van der Waals surface area (Å²) in [6.07, 6.45) is 0.746. The zero-order valence-electron chi connectivity index (χ0n) is 73.5. The van der Waals surface area contributed by atoms with Gasteiger partial charge in [-0.15, -0.1) is 0 Å². The van der Waals surface area contributed by atoms with E-state index in [-0.39, 0.29) is 108 Å². The molecule has 4 N–H and O–H groups in total. The van der Waals surface area contributed by atoms with Gasteiger partial charge in [0.1, 0.15) is 52.4 Å². The molecule has 137 heavy (non-hydrogen) atoms. The van der Waals surface area contributed by atoms with Crippen molar-refractivity contribution in [3.8, 4) is 50.6 Å². The number of methoxy groups -OCH3 is 4. The van der Waals surface area contributed by atoms with Crippen LogP contribution in [0.25, 0.3) is 66.5 Å². The van der Waals surface area contributed by atoms with Gasteiger partial charge in [0, 0.05) is 157 Å². The molecule has 0 radical (unpaired) electrons. The van der Waals surface area contributed by atoms with Crippen LogP contribution in [-0.4, -0.2) is 128 Å². The number of hydrogen-bond acceptors (Lipinski definition) is 17. The Bertz CT molecular complexity index is 7320. The van der Waals surface area contributed by atoms with Crippen molar-refractivity contribution in [1.29, 1.82) is 0 Å². The molecule has 5 aliphatic rings. The first kappa shape index (κ1) is 92.8. The number of ether oxygens (including phenoxy) is 7. The largest absolute Gasteiger partial charge is 0.481 e. The number of aromatic nitrogens is 6. The van der Waals surface area contributed by atoms with Gasteiger partial charge >= 0.3 is 23.9 Å². The second-order valence-corrected chi connectivity index (χ2v) is 34.5. The average molecular weight is 1920 g/mol. The van der Waals surface area contributed by atoms with E-state index in [1.54, 1.807) is 164 Å². The Morgan fingerprint density at radius 2 is 0.766 bits per heavy atom. The molecule has 2 fully saturated rings. The molecule has 5 aliphatic heterocycles. The number of aromatic carboxylic acids is 2. The van der Waals surface area contributed by atoms with Crippen LogP contribution in [0.4, 0.5) is 43.4 Å². The molecule has 698 valence electrons. The summed E-state index contributed by atoms with van der Waals surface area (Å²) in [5.74, 6) is -6.40. The minimum Gasteiger partial charge on any atom is -0.481 e. The zero-order chi connectivity index (χ0) is 96.2. The maximum absolute atomic E-state index is 15.9. The molecular formula is C103H82Cl3F6N9O16. The Morgan fingerprint density at radius 3 is 1.12 bits per heavy atom. The molecule has 12 aromatic carbocycles. The lowest BCUT2D eigenvalue weighted by atomic mass is 9.97. The van der Waals surface area contributed by atoms with Crippen LogP contribution in [0, 0.1) is 34.9 Å². The lowest BCUT2D eigenvalue weighted by Crippen LogP contribution is -2.43. The van der Waals surface area contributed by atoms with E-state index >= 15 is 26.3 Å². The standard InChI is InChI=1S/C35H28ClF2N3O5.C34H28ClF2N3O6.C34H26ClF2N3O5/c1-44-15-14-40-30-18-20(34(43)45-2)6-11-28(30)39-31(40)19-25-26(37)16-21(17-27(25)38)24-4-3-5-29-33(24)46-35(13-12-32(42)41(29)35)22-7-9-23(36)10-8-22;1-45-14-13-40-29-17-19(33(43)44)5-10-27(29)38-30(40)18-24-25(36)15-20(16-26(24)37)23-3-2-4-28-32(23)46-34(39-28,12-11-31(41)42)21-6-8-22(35)9-7-21;1-44-14-13-39-29-17-19(33(42)43)5-10-27(29)38-30(39)18-24-25(36)15-20(16-26(24)37)23-3-2-4-28-32(23)45-34(12-11-31(41)40(28)34)21-6-8-22(35)9-7-21/h3-11,16-18H,12-15,19H2,1-2H3;2-10,15-17,39H,11-14,18H2,1H3,(H,41,42)(H,43,44);2-10,15-17H,11-14,18H2,1H3,(H,42,43). The van der Waals surface area contributed by atoms with Crippen LogP contribution in [0.15, 0.2) is 218 Å². The average Bonchev–Trinajstić information content (AvgIpc) is 1.55. The van der Waals surface area contributed by atoms with Gasteiger partial charge in [0.05, 0.1) is 100 Å². The van der Waals surface area contributed by atoms with E-state index in [1.807, 2.05) is 24.3 Å². The lowest BCUT2D eigenvalue weighted by molar-refractivity contribution is -0.138. The molecule has 3 atom stereocenters. The number of aliphatic carboxylic acids is 1. The molecule has 0 saturated carbocycles. The Kier molecular flexibility index (Phi) is 25.7. The van der Waals surface area contributed by atoms with E-state index in [9.17, 15) is 44.1 Å². The third-order valence-electron chi connectivity index (χ3n) is 25.1. The van der Waals surface area contributed by atoms with Crippen LogP contribution in [0.3, 0.4) is 0 Å². The Hall–Kier alpha value is -14.6. The Labute approximate surface area is 792 Å². The number of esters is 1. The molecule has 0 spiro atoms. The van der Waals surface area contributed by atoms with E-state index in [2.05, 4.69) is 20.3 Å². The number of halogens is 9. The second kappa shape index (κ2) is 37.9. The summed E-state index contributed by atoms with van der Waals surface area (Å²) in [5.41, 5.74) is 5.55. The van der Waals surface area contributed by atoms with Gasteiger partial charge in [-0.3, -0.25) is 24.2 Å². The van der Waals surface area contributed by atoms with Crippen LogP contribution in [-0.2, 0) is 89.4 Å². The maximum atomic E-state index is 15.9. The predicted octanol–water partition coefficient (Wildman–Crippen LogP) is 21.1. The van der Waals surface area contributed by atoms with E-state index < -0.39 is 76.0 Å². The third kappa shape index (κ3) is 17.5. The van der Waals surface area contributed by atoms with Crippen LogP contribution < -0.4 is 29.3 Å². The normalized spacial score (nSPS) is 16.4.